The van der Waals surface area contributed by atoms with Crippen LogP contribution >= 0.6 is 50.7 Å². The third-order valence-corrected chi connectivity index (χ3v) is 5.64. The average Bonchev–Trinajstić information content (AvgIpc) is 2.32. The fraction of sp³-hybridized carbons (Fsp3) is 0.400. The molecule has 0 heterocycles. The van der Waals surface area contributed by atoms with Crippen molar-refractivity contribution in [3.63, 3.8) is 0 Å². The summed E-state index contributed by atoms with van der Waals surface area (Å²) in [6.45, 7) is 0.438. The summed E-state index contributed by atoms with van der Waals surface area (Å²) >= 11 is 20.2. The largest absolute Gasteiger partial charge is 0.243 e. The first-order valence-corrected chi connectivity index (χ1v) is 8.68. The fourth-order valence-electron chi connectivity index (χ4n) is 1.33. The molecule has 0 bridgehead atoms. The van der Waals surface area contributed by atoms with Crippen LogP contribution in [0.4, 0.5) is 0 Å². The van der Waals surface area contributed by atoms with E-state index in [1.54, 1.807) is 0 Å². The van der Waals surface area contributed by atoms with Crippen molar-refractivity contribution in [2.24, 2.45) is 0 Å². The molecule has 1 rings (SSSR count). The molecule has 0 aliphatic rings. The van der Waals surface area contributed by atoms with Crippen LogP contribution in [0.25, 0.3) is 0 Å². The highest BCUT2D eigenvalue weighted by atomic mass is 79.9. The zero-order chi connectivity index (χ0) is 13.8. The van der Waals surface area contributed by atoms with Gasteiger partial charge in [0.05, 0.1) is 9.92 Å². The maximum Gasteiger partial charge on any atom is 0.243 e. The van der Waals surface area contributed by atoms with Crippen molar-refractivity contribution in [2.75, 3.05) is 24.8 Å². The molecule has 8 heteroatoms. The smallest absolute Gasteiger partial charge is 0.207 e. The lowest BCUT2D eigenvalue weighted by Crippen LogP contribution is -2.34. The van der Waals surface area contributed by atoms with Crippen LogP contribution < -0.4 is 0 Å². The Morgan fingerprint density at radius 1 is 1.17 bits per heavy atom. The molecule has 1 aromatic carbocycles. The average molecular weight is 396 g/mol. The van der Waals surface area contributed by atoms with Crippen LogP contribution in [0.1, 0.15) is 0 Å². The molecule has 18 heavy (non-hydrogen) atoms. The zero-order valence-corrected chi connectivity index (χ0v) is 13.9. The van der Waals surface area contributed by atoms with Gasteiger partial charge in [0.2, 0.25) is 10.0 Å². The number of alkyl halides is 2. The Balaban J connectivity index is 3.13. The standard InChI is InChI=1S/C10H11BrCl3NO2S/c11-9-7-8(1-2-10(9)14)18(16,17)15(5-3-12)6-4-13/h1-2,7H,3-6H2. The number of nitrogens with zero attached hydrogens (tertiary/aromatic N) is 1. The van der Waals surface area contributed by atoms with Gasteiger partial charge in [-0.2, -0.15) is 4.31 Å². The van der Waals surface area contributed by atoms with E-state index in [4.69, 9.17) is 34.8 Å². The Bertz CT molecular complexity index is 504. The molecule has 0 unspecified atom stereocenters. The molecular weight excluding hydrogens is 384 g/mol. The molecule has 0 saturated heterocycles. The van der Waals surface area contributed by atoms with Crippen LogP contribution in [0.3, 0.4) is 0 Å². The minimum Gasteiger partial charge on any atom is -0.207 e. The normalized spacial score (nSPS) is 12.1. The van der Waals surface area contributed by atoms with Crippen molar-refractivity contribution in [1.82, 2.24) is 4.31 Å². The van der Waals surface area contributed by atoms with Gasteiger partial charge in [0.15, 0.2) is 0 Å². The van der Waals surface area contributed by atoms with E-state index < -0.39 is 10.0 Å². The van der Waals surface area contributed by atoms with Crippen molar-refractivity contribution < 1.29 is 8.42 Å². The molecule has 0 aliphatic carbocycles. The van der Waals surface area contributed by atoms with Crippen LogP contribution in [0, 0.1) is 0 Å². The molecule has 0 fully saturated rings. The van der Waals surface area contributed by atoms with Gasteiger partial charge in [-0.15, -0.1) is 23.2 Å². The second-order valence-electron chi connectivity index (χ2n) is 3.36. The Kier molecular flexibility index (Phi) is 6.72. The molecule has 0 atom stereocenters. The second-order valence-corrected chi connectivity index (χ2v) is 7.31. The van der Waals surface area contributed by atoms with E-state index in [0.717, 1.165) is 0 Å². The predicted molar refractivity (Wildman–Crippen MR) is 79.4 cm³/mol. The first-order valence-electron chi connectivity index (χ1n) is 5.00. The van der Waals surface area contributed by atoms with E-state index in [0.29, 0.717) is 9.50 Å². The second kappa shape index (κ2) is 7.31. The topological polar surface area (TPSA) is 37.4 Å². The number of benzene rings is 1. The Morgan fingerprint density at radius 2 is 1.72 bits per heavy atom. The molecule has 0 N–H and O–H groups in total. The quantitative estimate of drug-likeness (QED) is 0.691. The van der Waals surface area contributed by atoms with Crippen molar-refractivity contribution in [1.29, 1.82) is 0 Å². The Hall–Kier alpha value is 0.480. The molecule has 1 aromatic rings. The lowest BCUT2D eigenvalue weighted by molar-refractivity contribution is 0.448. The summed E-state index contributed by atoms with van der Waals surface area (Å²) in [5, 5.41) is 0.454. The lowest BCUT2D eigenvalue weighted by atomic mass is 10.4. The van der Waals surface area contributed by atoms with Gasteiger partial charge in [0.1, 0.15) is 0 Å². The predicted octanol–water partition coefficient (Wildman–Crippen LogP) is 3.57. The highest BCUT2D eigenvalue weighted by Crippen LogP contribution is 2.26. The summed E-state index contributed by atoms with van der Waals surface area (Å²) in [5.74, 6) is 0.426. The molecule has 0 radical (unpaired) electrons. The van der Waals surface area contributed by atoms with Crippen molar-refractivity contribution in [3.05, 3.63) is 27.7 Å². The van der Waals surface area contributed by atoms with Gasteiger partial charge in [-0.3, -0.25) is 0 Å². The number of halogens is 4. The third-order valence-electron chi connectivity index (χ3n) is 2.20. The van der Waals surface area contributed by atoms with Crippen LogP contribution in [0.2, 0.25) is 5.02 Å². The van der Waals surface area contributed by atoms with Crippen LogP contribution in [0.5, 0.6) is 0 Å². The molecule has 102 valence electrons. The van der Waals surface area contributed by atoms with Gasteiger partial charge in [0.25, 0.3) is 0 Å². The summed E-state index contributed by atoms with van der Waals surface area (Å²) in [7, 11) is -3.59. The molecule has 0 amide bonds. The van der Waals surface area contributed by atoms with Crippen molar-refractivity contribution >= 4 is 60.8 Å². The van der Waals surface area contributed by atoms with Gasteiger partial charge in [-0.25, -0.2) is 8.42 Å². The molecule has 0 saturated carbocycles. The number of hydrogen-bond donors (Lipinski definition) is 0. The summed E-state index contributed by atoms with van der Waals surface area (Å²) in [5.41, 5.74) is 0. The first-order chi connectivity index (χ1) is 8.43. The monoisotopic (exact) mass is 393 g/mol. The van der Waals surface area contributed by atoms with Gasteiger partial charge in [-0.1, -0.05) is 11.6 Å². The highest BCUT2D eigenvalue weighted by Gasteiger charge is 2.23. The van der Waals surface area contributed by atoms with Crippen molar-refractivity contribution in [3.8, 4) is 0 Å². The summed E-state index contributed by atoms with van der Waals surface area (Å²) in [4.78, 5) is 0.161. The molecule has 3 nitrogen and oxygen atoms in total. The van der Waals surface area contributed by atoms with Crippen LogP contribution in [-0.4, -0.2) is 37.6 Å². The molecule has 0 aromatic heterocycles. The summed E-state index contributed by atoms with van der Waals surface area (Å²) in [6.07, 6.45) is 0. The Morgan fingerprint density at radius 3 is 2.17 bits per heavy atom. The van der Waals surface area contributed by atoms with E-state index in [9.17, 15) is 8.42 Å². The number of hydrogen-bond acceptors (Lipinski definition) is 2. The van der Waals surface area contributed by atoms with Crippen LogP contribution in [0.15, 0.2) is 27.6 Å². The van der Waals surface area contributed by atoms with Gasteiger partial charge in [0, 0.05) is 29.3 Å². The van der Waals surface area contributed by atoms with Crippen LogP contribution in [-0.2, 0) is 10.0 Å². The van der Waals surface area contributed by atoms with Gasteiger partial charge >= 0.3 is 0 Å². The third kappa shape index (κ3) is 3.99. The van der Waals surface area contributed by atoms with E-state index in [2.05, 4.69) is 15.9 Å². The minimum absolute atomic E-state index is 0.161. The summed E-state index contributed by atoms with van der Waals surface area (Å²) < 4.78 is 26.4. The number of rotatable bonds is 6. The fourth-order valence-corrected chi connectivity index (χ4v) is 4.05. The summed E-state index contributed by atoms with van der Waals surface area (Å²) in [6, 6.07) is 4.45. The van der Waals surface area contributed by atoms with E-state index >= 15 is 0 Å². The van der Waals surface area contributed by atoms with E-state index in [1.807, 2.05) is 0 Å². The van der Waals surface area contributed by atoms with Gasteiger partial charge < -0.3 is 0 Å². The maximum atomic E-state index is 12.3. The van der Waals surface area contributed by atoms with E-state index in [1.165, 1.54) is 22.5 Å². The molecule has 0 spiro atoms. The zero-order valence-electron chi connectivity index (χ0n) is 9.24. The Labute approximate surface area is 130 Å². The first kappa shape index (κ1) is 16.5. The van der Waals surface area contributed by atoms with Gasteiger partial charge in [-0.05, 0) is 34.1 Å². The maximum absolute atomic E-state index is 12.3. The molecular formula is C10H11BrCl3NO2S. The lowest BCUT2D eigenvalue weighted by Gasteiger charge is -2.20. The van der Waals surface area contributed by atoms with Crippen molar-refractivity contribution in [2.45, 2.75) is 4.90 Å². The number of sulfonamides is 1. The minimum atomic E-state index is -3.59. The molecule has 0 aliphatic heterocycles. The van der Waals surface area contributed by atoms with E-state index in [-0.39, 0.29) is 29.7 Å². The highest BCUT2D eigenvalue weighted by molar-refractivity contribution is 9.10. The SMILES string of the molecule is O=S(=O)(c1ccc(Cl)c(Br)c1)N(CCCl)CCCl.